The normalized spacial score (nSPS) is 13.5. The fourth-order valence-corrected chi connectivity index (χ4v) is 3.98. The maximum Gasteiger partial charge on any atom is 0.433 e. The SMILES string of the molecule is O=C(Nc1cccc(Nc2cc(C(F)(F)F)nc3ccccc23)c1)c1cc2n(n1)CCCC2. The van der Waals surface area contributed by atoms with Gasteiger partial charge in [0, 0.05) is 29.0 Å². The number of aryl methyl sites for hydroxylation is 2. The first-order valence-corrected chi connectivity index (χ1v) is 10.6. The number of fused-ring (bicyclic) bond motifs is 2. The van der Waals surface area contributed by atoms with Crippen LogP contribution in [0.25, 0.3) is 10.9 Å². The Morgan fingerprint density at radius 2 is 1.79 bits per heavy atom. The van der Waals surface area contributed by atoms with E-state index in [1.807, 2.05) is 4.68 Å². The Morgan fingerprint density at radius 3 is 2.61 bits per heavy atom. The van der Waals surface area contributed by atoms with Crippen LogP contribution >= 0.6 is 0 Å². The van der Waals surface area contributed by atoms with E-state index in [1.54, 1.807) is 48.5 Å². The maximum atomic E-state index is 13.3. The monoisotopic (exact) mass is 451 g/mol. The number of nitrogens with one attached hydrogen (secondary N) is 2. The minimum absolute atomic E-state index is 0.239. The molecule has 0 fully saturated rings. The number of alkyl halides is 3. The average molecular weight is 451 g/mol. The first-order valence-electron chi connectivity index (χ1n) is 10.6. The summed E-state index contributed by atoms with van der Waals surface area (Å²) in [6.45, 7) is 0.807. The summed E-state index contributed by atoms with van der Waals surface area (Å²) in [5.74, 6) is -0.331. The summed E-state index contributed by atoms with van der Waals surface area (Å²) in [6.07, 6.45) is -1.54. The molecule has 1 amide bonds. The quantitative estimate of drug-likeness (QED) is 0.413. The Balaban J connectivity index is 1.40. The van der Waals surface area contributed by atoms with Crippen LogP contribution in [-0.4, -0.2) is 20.7 Å². The number of aromatic nitrogens is 3. The molecule has 0 radical (unpaired) electrons. The highest BCUT2D eigenvalue weighted by Crippen LogP contribution is 2.34. The molecule has 0 saturated carbocycles. The van der Waals surface area contributed by atoms with Crippen LogP contribution in [-0.2, 0) is 19.1 Å². The molecule has 3 heterocycles. The van der Waals surface area contributed by atoms with E-state index in [2.05, 4.69) is 20.7 Å². The molecule has 6 nitrogen and oxygen atoms in total. The number of hydrogen-bond acceptors (Lipinski definition) is 4. The van der Waals surface area contributed by atoms with Gasteiger partial charge in [-0.3, -0.25) is 9.48 Å². The molecule has 2 N–H and O–H groups in total. The van der Waals surface area contributed by atoms with E-state index < -0.39 is 11.9 Å². The van der Waals surface area contributed by atoms with Crippen LogP contribution in [0, 0.1) is 0 Å². The lowest BCUT2D eigenvalue weighted by molar-refractivity contribution is -0.140. The van der Waals surface area contributed by atoms with E-state index in [0.29, 0.717) is 22.5 Å². The third-order valence-corrected chi connectivity index (χ3v) is 5.55. The van der Waals surface area contributed by atoms with Gasteiger partial charge in [-0.25, -0.2) is 4.98 Å². The number of rotatable bonds is 4. The van der Waals surface area contributed by atoms with Crippen LogP contribution in [0.4, 0.5) is 30.2 Å². The third kappa shape index (κ3) is 4.39. The van der Waals surface area contributed by atoms with E-state index in [1.165, 1.54) is 6.07 Å². The van der Waals surface area contributed by atoms with E-state index in [9.17, 15) is 18.0 Å². The van der Waals surface area contributed by atoms with Gasteiger partial charge < -0.3 is 10.6 Å². The third-order valence-electron chi connectivity index (χ3n) is 5.55. The number of carbonyl (C=O) groups excluding carboxylic acids is 1. The second kappa shape index (κ2) is 8.23. The molecule has 0 unspecified atom stereocenters. The Morgan fingerprint density at radius 1 is 0.970 bits per heavy atom. The van der Waals surface area contributed by atoms with Gasteiger partial charge in [0.15, 0.2) is 5.69 Å². The lowest BCUT2D eigenvalue weighted by Gasteiger charge is -2.14. The van der Waals surface area contributed by atoms with Crippen molar-refractivity contribution in [3.8, 4) is 0 Å². The molecular formula is C24H20F3N5O. The van der Waals surface area contributed by atoms with Crippen LogP contribution in [0.2, 0.25) is 0 Å². The molecule has 1 aliphatic heterocycles. The van der Waals surface area contributed by atoms with Crippen LogP contribution in [0.3, 0.4) is 0 Å². The summed E-state index contributed by atoms with van der Waals surface area (Å²) in [5, 5.41) is 10.8. The lowest BCUT2D eigenvalue weighted by atomic mass is 10.1. The molecule has 1 aliphatic rings. The summed E-state index contributed by atoms with van der Waals surface area (Å²) in [5.41, 5.74) is 1.97. The first kappa shape index (κ1) is 21.0. The summed E-state index contributed by atoms with van der Waals surface area (Å²) in [6, 6.07) is 16.2. The molecule has 5 rings (SSSR count). The van der Waals surface area contributed by atoms with E-state index >= 15 is 0 Å². The van der Waals surface area contributed by atoms with Gasteiger partial charge in [-0.2, -0.15) is 18.3 Å². The molecule has 168 valence electrons. The molecule has 2 aromatic heterocycles. The fourth-order valence-electron chi connectivity index (χ4n) is 3.98. The van der Waals surface area contributed by atoms with Gasteiger partial charge >= 0.3 is 6.18 Å². The Bertz CT molecular complexity index is 1320. The topological polar surface area (TPSA) is 71.8 Å². The van der Waals surface area contributed by atoms with Crippen LogP contribution in [0.5, 0.6) is 0 Å². The largest absolute Gasteiger partial charge is 0.433 e. The second-order valence-electron chi connectivity index (χ2n) is 7.93. The number of carbonyl (C=O) groups is 1. The maximum absolute atomic E-state index is 13.3. The van der Waals surface area contributed by atoms with Crippen molar-refractivity contribution in [2.24, 2.45) is 0 Å². The minimum atomic E-state index is -4.57. The molecule has 33 heavy (non-hydrogen) atoms. The van der Waals surface area contributed by atoms with Gasteiger partial charge in [-0.15, -0.1) is 0 Å². The highest BCUT2D eigenvalue weighted by Gasteiger charge is 2.33. The molecule has 4 aromatic rings. The van der Waals surface area contributed by atoms with E-state index in [-0.39, 0.29) is 17.1 Å². The zero-order valence-corrected chi connectivity index (χ0v) is 17.5. The molecule has 2 aromatic carbocycles. The van der Waals surface area contributed by atoms with Gasteiger partial charge in [0.05, 0.1) is 11.2 Å². The summed E-state index contributed by atoms with van der Waals surface area (Å²) < 4.78 is 41.9. The molecule has 0 bridgehead atoms. The molecule has 0 atom stereocenters. The predicted molar refractivity (Wildman–Crippen MR) is 120 cm³/mol. The van der Waals surface area contributed by atoms with Gasteiger partial charge in [0.25, 0.3) is 5.91 Å². The van der Waals surface area contributed by atoms with Crippen molar-refractivity contribution in [3.63, 3.8) is 0 Å². The number of halogens is 3. The predicted octanol–water partition coefficient (Wildman–Crippen LogP) is 5.78. The van der Waals surface area contributed by atoms with Crippen molar-refractivity contribution in [1.29, 1.82) is 0 Å². The van der Waals surface area contributed by atoms with E-state index in [4.69, 9.17) is 0 Å². The van der Waals surface area contributed by atoms with Gasteiger partial charge in [0.2, 0.25) is 0 Å². The average Bonchev–Trinajstić information content (AvgIpc) is 3.23. The lowest BCUT2D eigenvalue weighted by Crippen LogP contribution is -2.14. The fraction of sp³-hybridized carbons (Fsp3) is 0.208. The highest BCUT2D eigenvalue weighted by atomic mass is 19.4. The number of para-hydroxylation sites is 1. The Kier molecular flexibility index (Phi) is 5.24. The van der Waals surface area contributed by atoms with Crippen molar-refractivity contribution in [2.75, 3.05) is 10.6 Å². The van der Waals surface area contributed by atoms with Crippen molar-refractivity contribution < 1.29 is 18.0 Å². The Hall–Kier alpha value is -3.88. The second-order valence-corrected chi connectivity index (χ2v) is 7.93. The standard InChI is InChI=1S/C24H20F3N5O/c25-24(26,27)22-14-20(18-9-1-2-10-19(18)30-22)28-15-6-5-7-16(12-15)29-23(33)21-13-17-8-3-4-11-32(17)31-21/h1-2,5-7,9-10,12-14H,3-4,8,11H2,(H,28,30)(H,29,33). The van der Waals surface area contributed by atoms with Crippen LogP contribution < -0.4 is 10.6 Å². The first-order chi connectivity index (χ1) is 15.9. The summed E-state index contributed by atoms with van der Waals surface area (Å²) in [7, 11) is 0. The molecule has 9 heteroatoms. The molecule has 0 saturated heterocycles. The summed E-state index contributed by atoms with van der Waals surface area (Å²) in [4.78, 5) is 16.4. The zero-order chi connectivity index (χ0) is 23.0. The van der Waals surface area contributed by atoms with Crippen LogP contribution in [0.1, 0.15) is 34.7 Å². The van der Waals surface area contributed by atoms with Crippen LogP contribution in [0.15, 0.2) is 60.7 Å². The zero-order valence-electron chi connectivity index (χ0n) is 17.5. The van der Waals surface area contributed by atoms with Gasteiger partial charge in [-0.1, -0.05) is 24.3 Å². The Labute approximate surface area is 187 Å². The van der Waals surface area contributed by atoms with Crippen molar-refractivity contribution >= 4 is 33.9 Å². The van der Waals surface area contributed by atoms with Crippen molar-refractivity contribution in [1.82, 2.24) is 14.8 Å². The minimum Gasteiger partial charge on any atom is -0.355 e. The van der Waals surface area contributed by atoms with E-state index in [0.717, 1.165) is 37.6 Å². The number of nitrogens with zero attached hydrogens (tertiary/aromatic N) is 3. The number of amides is 1. The number of hydrogen-bond donors (Lipinski definition) is 2. The van der Waals surface area contributed by atoms with Crippen molar-refractivity contribution in [3.05, 3.63) is 77.7 Å². The molecule has 0 aliphatic carbocycles. The smallest absolute Gasteiger partial charge is 0.355 e. The molecule has 0 spiro atoms. The number of anilines is 3. The van der Waals surface area contributed by atoms with Gasteiger partial charge in [0.1, 0.15) is 5.69 Å². The van der Waals surface area contributed by atoms with Gasteiger partial charge in [-0.05, 0) is 55.7 Å². The highest BCUT2D eigenvalue weighted by molar-refractivity contribution is 6.03. The number of benzene rings is 2. The molecular weight excluding hydrogens is 431 g/mol. The number of pyridine rings is 1. The summed E-state index contributed by atoms with van der Waals surface area (Å²) >= 11 is 0. The van der Waals surface area contributed by atoms with Crippen molar-refractivity contribution in [2.45, 2.75) is 32.0 Å².